The average molecular weight is 463 g/mol. The maximum absolute atomic E-state index is 13.0. The van der Waals surface area contributed by atoms with Gasteiger partial charge in [-0.15, -0.1) is 0 Å². The van der Waals surface area contributed by atoms with Crippen molar-refractivity contribution in [1.82, 2.24) is 9.80 Å². The Morgan fingerprint density at radius 2 is 1.71 bits per heavy atom. The number of nitrogens with zero attached hydrogens (tertiary/aromatic N) is 3. The van der Waals surface area contributed by atoms with Gasteiger partial charge in [-0.2, -0.15) is 0 Å². The summed E-state index contributed by atoms with van der Waals surface area (Å²) in [4.78, 5) is 34.0. The second kappa shape index (κ2) is 9.87. The van der Waals surface area contributed by atoms with Crippen molar-refractivity contribution in [2.75, 3.05) is 19.6 Å². The van der Waals surface area contributed by atoms with Crippen LogP contribution in [0.2, 0.25) is 0 Å². The number of rotatable bonds is 7. The van der Waals surface area contributed by atoms with Gasteiger partial charge in [-0.3, -0.25) is 14.5 Å². The molecule has 0 radical (unpaired) electrons. The number of likely N-dealkylation sites (tertiary alicyclic amines) is 1. The lowest BCUT2D eigenvalue weighted by atomic mass is 9.90. The van der Waals surface area contributed by atoms with Gasteiger partial charge in [-0.1, -0.05) is 32.0 Å². The van der Waals surface area contributed by atoms with Crippen molar-refractivity contribution in [3.63, 3.8) is 0 Å². The van der Waals surface area contributed by atoms with Crippen molar-refractivity contribution in [2.24, 2.45) is 22.6 Å². The van der Waals surface area contributed by atoms with Crippen LogP contribution in [-0.2, 0) is 4.79 Å². The smallest absolute Gasteiger partial charge is 0.257 e. The number of carbonyl (C=O) groups is 2. The van der Waals surface area contributed by atoms with E-state index in [-0.39, 0.29) is 11.8 Å². The third-order valence-electron chi connectivity index (χ3n) is 6.57. The molecule has 0 saturated carbocycles. The highest BCUT2D eigenvalue weighted by Crippen LogP contribution is 2.30. The Morgan fingerprint density at radius 3 is 2.32 bits per heavy atom. The molecule has 34 heavy (non-hydrogen) atoms. The molecule has 1 fully saturated rings. The first-order valence-electron chi connectivity index (χ1n) is 12.0. The first-order valence-corrected chi connectivity index (χ1v) is 12.0. The van der Waals surface area contributed by atoms with E-state index < -0.39 is 5.54 Å². The molecule has 0 bridgehead atoms. The van der Waals surface area contributed by atoms with E-state index in [0.29, 0.717) is 55.2 Å². The molecular weight excluding hydrogens is 428 g/mol. The lowest BCUT2D eigenvalue weighted by Gasteiger charge is -2.34. The Hall–Kier alpha value is -3.35. The number of carbonyl (C=O) groups excluding carboxylic acids is 2. The second-order valence-electron chi connectivity index (χ2n) is 9.93. The minimum Gasteiger partial charge on any atom is -0.457 e. The molecule has 7 nitrogen and oxygen atoms in total. The highest BCUT2D eigenvalue weighted by Gasteiger charge is 2.44. The zero-order valence-corrected chi connectivity index (χ0v) is 20.2. The Bertz CT molecular complexity index is 1040. The molecule has 0 aliphatic carbocycles. The quantitative estimate of drug-likeness (QED) is 0.665. The number of piperidine rings is 1. The molecule has 4 rings (SSSR count). The number of guanidine groups is 1. The lowest BCUT2D eigenvalue weighted by molar-refractivity contribution is -0.131. The lowest BCUT2D eigenvalue weighted by Crippen LogP contribution is -2.47. The molecular formula is C27H34N4O3. The van der Waals surface area contributed by atoms with E-state index in [4.69, 9.17) is 10.5 Å². The Labute approximate surface area is 201 Å². The van der Waals surface area contributed by atoms with Crippen LogP contribution < -0.4 is 10.5 Å². The summed E-state index contributed by atoms with van der Waals surface area (Å²) < 4.78 is 5.81. The Kier molecular flexibility index (Phi) is 6.91. The molecule has 2 aliphatic heterocycles. The van der Waals surface area contributed by atoms with Gasteiger partial charge in [0.05, 0.1) is 0 Å². The second-order valence-corrected chi connectivity index (χ2v) is 9.93. The van der Waals surface area contributed by atoms with Crippen LogP contribution in [0, 0.1) is 11.8 Å². The zero-order valence-electron chi connectivity index (χ0n) is 20.2. The summed E-state index contributed by atoms with van der Waals surface area (Å²) >= 11 is 0. The summed E-state index contributed by atoms with van der Waals surface area (Å²) in [5.41, 5.74) is 6.02. The third kappa shape index (κ3) is 5.24. The van der Waals surface area contributed by atoms with Gasteiger partial charge in [-0.25, -0.2) is 4.99 Å². The van der Waals surface area contributed by atoms with E-state index in [1.165, 1.54) is 0 Å². The summed E-state index contributed by atoms with van der Waals surface area (Å²) in [6.07, 6.45) is 2.35. The molecule has 2 aliphatic rings. The fourth-order valence-electron chi connectivity index (χ4n) is 4.91. The van der Waals surface area contributed by atoms with Crippen LogP contribution in [0.5, 0.6) is 11.5 Å². The molecule has 2 heterocycles. The summed E-state index contributed by atoms with van der Waals surface area (Å²) in [5, 5.41) is 0. The van der Waals surface area contributed by atoms with Crippen LogP contribution in [-0.4, -0.2) is 52.7 Å². The number of ether oxygens (including phenoxy) is 1. The zero-order chi connectivity index (χ0) is 24.3. The number of benzene rings is 2. The number of aliphatic imine (C=N–C) groups is 1. The van der Waals surface area contributed by atoms with Crippen LogP contribution in [0.15, 0.2) is 59.6 Å². The first kappa shape index (κ1) is 23.8. The molecule has 180 valence electrons. The molecule has 7 heteroatoms. The number of amides is 2. The van der Waals surface area contributed by atoms with Gasteiger partial charge >= 0.3 is 0 Å². The predicted octanol–water partition coefficient (Wildman–Crippen LogP) is 4.29. The van der Waals surface area contributed by atoms with E-state index in [1.54, 1.807) is 4.90 Å². The van der Waals surface area contributed by atoms with Gasteiger partial charge in [0, 0.05) is 25.2 Å². The summed E-state index contributed by atoms with van der Waals surface area (Å²) in [6, 6.07) is 16.8. The summed E-state index contributed by atoms with van der Waals surface area (Å²) in [5.74, 6) is 2.45. The van der Waals surface area contributed by atoms with Crippen LogP contribution in [0.25, 0.3) is 0 Å². The van der Waals surface area contributed by atoms with E-state index in [0.717, 1.165) is 18.6 Å². The number of para-hydroxylation sites is 1. The standard InChI is InChI=1S/C27H34N4O3/c1-19(2)17-27(3)25(33)31(26(28)29-27)18-20-13-15-30(16-14-20)24(32)21-9-11-23(12-10-21)34-22-7-5-4-6-8-22/h4-12,19-20H,13-18H2,1-3H3,(H2,28,29). The normalized spacial score (nSPS) is 21.2. The van der Waals surface area contributed by atoms with Crippen LogP contribution in [0.4, 0.5) is 0 Å². The van der Waals surface area contributed by atoms with Crippen LogP contribution in [0.1, 0.15) is 50.4 Å². The maximum Gasteiger partial charge on any atom is 0.257 e. The van der Waals surface area contributed by atoms with E-state index in [1.807, 2.05) is 66.4 Å². The largest absolute Gasteiger partial charge is 0.457 e. The first-order chi connectivity index (χ1) is 16.2. The average Bonchev–Trinajstić information content (AvgIpc) is 3.02. The summed E-state index contributed by atoms with van der Waals surface area (Å²) in [7, 11) is 0. The minimum atomic E-state index is -0.759. The van der Waals surface area contributed by atoms with Gasteiger partial charge in [-0.05, 0) is 74.4 Å². The van der Waals surface area contributed by atoms with Crippen molar-refractivity contribution in [3.8, 4) is 11.5 Å². The van der Waals surface area contributed by atoms with Crippen molar-refractivity contribution in [2.45, 2.75) is 45.6 Å². The van der Waals surface area contributed by atoms with Gasteiger partial charge in [0.1, 0.15) is 17.0 Å². The fourth-order valence-corrected chi connectivity index (χ4v) is 4.91. The monoisotopic (exact) mass is 462 g/mol. The van der Waals surface area contributed by atoms with Crippen molar-refractivity contribution >= 4 is 17.8 Å². The number of hydrogen-bond acceptors (Lipinski definition) is 5. The molecule has 1 saturated heterocycles. The molecule has 1 unspecified atom stereocenters. The van der Waals surface area contributed by atoms with E-state index in [9.17, 15) is 9.59 Å². The van der Waals surface area contributed by atoms with E-state index in [2.05, 4.69) is 18.8 Å². The van der Waals surface area contributed by atoms with Crippen molar-refractivity contribution in [1.29, 1.82) is 0 Å². The Balaban J connectivity index is 1.29. The van der Waals surface area contributed by atoms with Gasteiger partial charge in [0.25, 0.3) is 11.8 Å². The molecule has 2 amide bonds. The topological polar surface area (TPSA) is 88.2 Å². The van der Waals surface area contributed by atoms with Crippen molar-refractivity contribution < 1.29 is 14.3 Å². The van der Waals surface area contributed by atoms with E-state index >= 15 is 0 Å². The maximum atomic E-state index is 13.0. The summed E-state index contributed by atoms with van der Waals surface area (Å²) in [6.45, 7) is 7.93. The van der Waals surface area contributed by atoms with Gasteiger partial charge < -0.3 is 15.4 Å². The Morgan fingerprint density at radius 1 is 1.09 bits per heavy atom. The highest BCUT2D eigenvalue weighted by molar-refractivity contribution is 6.06. The third-order valence-corrected chi connectivity index (χ3v) is 6.57. The molecule has 1 atom stereocenters. The number of nitrogens with two attached hydrogens (primary N) is 1. The van der Waals surface area contributed by atoms with Gasteiger partial charge in [0.15, 0.2) is 5.96 Å². The van der Waals surface area contributed by atoms with Crippen LogP contribution in [0.3, 0.4) is 0 Å². The molecule has 2 aromatic rings. The molecule has 2 aromatic carbocycles. The fraction of sp³-hybridized carbons (Fsp3) is 0.444. The highest BCUT2D eigenvalue weighted by atomic mass is 16.5. The SMILES string of the molecule is CC(C)CC1(C)N=C(N)N(CC2CCN(C(=O)c3ccc(Oc4ccccc4)cc3)CC2)C1=O. The van der Waals surface area contributed by atoms with Crippen molar-refractivity contribution in [3.05, 3.63) is 60.2 Å². The molecule has 0 spiro atoms. The predicted molar refractivity (Wildman–Crippen MR) is 133 cm³/mol. The molecule has 2 N–H and O–H groups in total. The van der Waals surface area contributed by atoms with Gasteiger partial charge in [0.2, 0.25) is 0 Å². The minimum absolute atomic E-state index is 0.00461. The van der Waals surface area contributed by atoms with Crippen LogP contribution >= 0.6 is 0 Å². The number of hydrogen-bond donors (Lipinski definition) is 1. The molecule has 0 aromatic heterocycles.